The van der Waals surface area contributed by atoms with Crippen LogP contribution in [0.25, 0.3) is 0 Å². The second-order valence-corrected chi connectivity index (χ2v) is 6.19. The quantitative estimate of drug-likeness (QED) is 0.720. The average Bonchev–Trinajstić information content (AvgIpc) is 2.97. The van der Waals surface area contributed by atoms with Crippen molar-refractivity contribution in [3.63, 3.8) is 0 Å². The summed E-state index contributed by atoms with van der Waals surface area (Å²) in [6.45, 7) is 1.56. The van der Waals surface area contributed by atoms with Gasteiger partial charge in [-0.15, -0.1) is 0 Å². The fourth-order valence-corrected chi connectivity index (χ4v) is 2.75. The molecule has 148 valence electrons. The zero-order valence-corrected chi connectivity index (χ0v) is 15.1. The topological polar surface area (TPSA) is 59.8 Å². The second kappa shape index (κ2) is 8.20. The lowest BCUT2D eigenvalue weighted by Gasteiger charge is -2.18. The highest BCUT2D eigenvalue weighted by Crippen LogP contribution is 2.32. The number of alkyl halides is 5. The molecular formula is C16H16ClF5N4O. The van der Waals surface area contributed by atoms with Crippen molar-refractivity contribution in [2.45, 2.75) is 31.9 Å². The highest BCUT2D eigenvalue weighted by atomic mass is 35.5. The summed E-state index contributed by atoms with van der Waals surface area (Å²) in [5, 5.41) is 6.00. The molecule has 2 rings (SSSR count). The summed E-state index contributed by atoms with van der Waals surface area (Å²) < 4.78 is 65.6. The lowest BCUT2D eigenvalue weighted by molar-refractivity contribution is -0.141. The molecule has 0 aliphatic carbocycles. The van der Waals surface area contributed by atoms with Gasteiger partial charge in [0.2, 0.25) is 0 Å². The maximum absolute atomic E-state index is 13.0. The van der Waals surface area contributed by atoms with Gasteiger partial charge in [-0.3, -0.25) is 9.48 Å². The van der Waals surface area contributed by atoms with Crippen LogP contribution in [0.3, 0.4) is 0 Å². The molecule has 0 radical (unpaired) electrons. The largest absolute Gasteiger partial charge is 0.433 e. The summed E-state index contributed by atoms with van der Waals surface area (Å²) in [5.41, 5.74) is -2.09. The number of rotatable bonds is 6. The fraction of sp³-hybridized carbons (Fsp3) is 0.438. The molecule has 1 atom stereocenters. The molecule has 0 saturated carbocycles. The van der Waals surface area contributed by atoms with E-state index in [1.54, 1.807) is 6.92 Å². The van der Waals surface area contributed by atoms with Gasteiger partial charge in [0, 0.05) is 25.7 Å². The van der Waals surface area contributed by atoms with Crippen LogP contribution >= 0.6 is 11.6 Å². The van der Waals surface area contributed by atoms with E-state index in [-0.39, 0.29) is 22.8 Å². The Hall–Kier alpha value is -2.23. The molecule has 2 aromatic heterocycles. The number of carbonyl (C=O) groups excluding carboxylic acids is 1. The zero-order valence-electron chi connectivity index (χ0n) is 14.3. The molecule has 1 N–H and O–H groups in total. The van der Waals surface area contributed by atoms with Crippen LogP contribution in [-0.4, -0.2) is 27.2 Å². The van der Waals surface area contributed by atoms with Crippen molar-refractivity contribution in [3.8, 4) is 0 Å². The van der Waals surface area contributed by atoms with E-state index in [9.17, 15) is 26.7 Å². The second-order valence-electron chi connectivity index (χ2n) is 5.78. The predicted octanol–water partition coefficient (Wildman–Crippen LogP) is 4.35. The van der Waals surface area contributed by atoms with Gasteiger partial charge in [0.15, 0.2) is 0 Å². The van der Waals surface area contributed by atoms with E-state index in [1.165, 1.54) is 7.05 Å². The first-order valence-corrected chi connectivity index (χ1v) is 8.25. The van der Waals surface area contributed by atoms with Crippen LogP contribution in [0.4, 0.5) is 22.0 Å². The zero-order chi connectivity index (χ0) is 20.4. The van der Waals surface area contributed by atoms with E-state index in [0.29, 0.717) is 6.42 Å². The van der Waals surface area contributed by atoms with Gasteiger partial charge < -0.3 is 5.32 Å². The highest BCUT2D eigenvalue weighted by Gasteiger charge is 2.33. The molecule has 1 amide bonds. The van der Waals surface area contributed by atoms with E-state index in [2.05, 4.69) is 15.4 Å². The van der Waals surface area contributed by atoms with Crippen LogP contribution in [-0.2, 0) is 13.2 Å². The Morgan fingerprint density at radius 1 is 1.30 bits per heavy atom. The molecule has 0 aromatic carbocycles. The smallest absolute Gasteiger partial charge is 0.351 e. The summed E-state index contributed by atoms with van der Waals surface area (Å²) >= 11 is 5.97. The average molecular weight is 411 g/mol. The van der Waals surface area contributed by atoms with Gasteiger partial charge in [-0.1, -0.05) is 18.5 Å². The molecular weight excluding hydrogens is 395 g/mol. The Bertz CT molecular complexity index is 822. The summed E-state index contributed by atoms with van der Waals surface area (Å²) in [5.74, 6) is -1.43. The number of aryl methyl sites for hydroxylation is 1. The van der Waals surface area contributed by atoms with Gasteiger partial charge in [-0.2, -0.15) is 18.3 Å². The molecule has 0 spiro atoms. The number of hydrogen-bond acceptors (Lipinski definition) is 3. The number of aromatic nitrogens is 3. The van der Waals surface area contributed by atoms with Gasteiger partial charge in [-0.05, 0) is 18.6 Å². The van der Waals surface area contributed by atoms with Gasteiger partial charge in [0.05, 0.1) is 16.3 Å². The number of carbonyl (C=O) groups is 1. The molecule has 0 fully saturated rings. The first-order valence-electron chi connectivity index (χ1n) is 7.88. The summed E-state index contributed by atoms with van der Waals surface area (Å²) in [4.78, 5) is 15.8. The van der Waals surface area contributed by atoms with Crippen LogP contribution in [0.5, 0.6) is 0 Å². The third kappa shape index (κ3) is 4.94. The Kier molecular flexibility index (Phi) is 6.40. The van der Waals surface area contributed by atoms with Crippen LogP contribution in [0.15, 0.2) is 18.3 Å². The van der Waals surface area contributed by atoms with Gasteiger partial charge >= 0.3 is 6.18 Å². The number of amides is 1. The Morgan fingerprint density at radius 3 is 2.52 bits per heavy atom. The molecule has 0 bridgehead atoms. The molecule has 0 aliphatic heterocycles. The first kappa shape index (κ1) is 21.1. The van der Waals surface area contributed by atoms with Crippen LogP contribution in [0.2, 0.25) is 5.02 Å². The minimum Gasteiger partial charge on any atom is -0.351 e. The van der Waals surface area contributed by atoms with Crippen molar-refractivity contribution >= 4 is 17.5 Å². The Morgan fingerprint density at radius 2 is 1.96 bits per heavy atom. The van der Waals surface area contributed by atoms with E-state index >= 15 is 0 Å². The molecule has 1 unspecified atom stereocenters. The van der Waals surface area contributed by atoms with Crippen molar-refractivity contribution < 1.29 is 26.7 Å². The molecule has 11 heteroatoms. The third-order valence-corrected chi connectivity index (χ3v) is 4.18. The Labute approximate surface area is 156 Å². The predicted molar refractivity (Wildman–Crippen MR) is 87.8 cm³/mol. The number of nitrogens with zero attached hydrogens (tertiary/aromatic N) is 3. The summed E-state index contributed by atoms with van der Waals surface area (Å²) in [6, 6.07) is 1.86. The molecule has 2 aromatic rings. The van der Waals surface area contributed by atoms with Crippen molar-refractivity contribution in [2.75, 3.05) is 6.54 Å². The highest BCUT2D eigenvalue weighted by molar-refractivity contribution is 6.31. The maximum Gasteiger partial charge on any atom is 0.433 e. The first-order chi connectivity index (χ1) is 12.5. The van der Waals surface area contributed by atoms with E-state index in [0.717, 1.165) is 23.0 Å². The van der Waals surface area contributed by atoms with Crippen molar-refractivity contribution in [2.24, 2.45) is 7.05 Å². The molecule has 27 heavy (non-hydrogen) atoms. The number of nitrogens with one attached hydrogen (secondary N) is 1. The van der Waals surface area contributed by atoms with Gasteiger partial charge in [-0.25, -0.2) is 13.8 Å². The SMILES string of the molecule is CCC(CNC(=O)c1cn(C)nc1C(F)F)c1nc(C(F)(F)F)ccc1Cl. The molecule has 0 aliphatic rings. The van der Waals surface area contributed by atoms with Crippen molar-refractivity contribution in [1.82, 2.24) is 20.1 Å². The standard InChI is InChI=1S/C16H16ClF5N4O/c1-3-8(12-10(17)4-5-11(24-12)16(20,21)22)6-23-15(27)9-7-26(2)25-13(9)14(18)19/h4-5,7-8,14H,3,6H2,1-2H3,(H,23,27). The summed E-state index contributed by atoms with van der Waals surface area (Å²) in [7, 11) is 1.39. The minimum absolute atomic E-state index is 0.0189. The number of halogens is 6. The van der Waals surface area contributed by atoms with E-state index in [1.807, 2.05) is 0 Å². The van der Waals surface area contributed by atoms with E-state index < -0.39 is 35.8 Å². The monoisotopic (exact) mass is 410 g/mol. The normalized spacial score (nSPS) is 13.1. The van der Waals surface area contributed by atoms with Crippen LogP contribution in [0.1, 0.15) is 53.1 Å². The summed E-state index contributed by atoms with van der Waals surface area (Å²) in [6.07, 6.45) is -6.10. The number of pyridine rings is 1. The van der Waals surface area contributed by atoms with Crippen LogP contribution < -0.4 is 5.32 Å². The molecule has 2 heterocycles. The van der Waals surface area contributed by atoms with Gasteiger partial charge in [0.25, 0.3) is 12.3 Å². The Balaban J connectivity index is 2.20. The third-order valence-electron chi connectivity index (χ3n) is 3.86. The molecule has 0 saturated heterocycles. The van der Waals surface area contributed by atoms with Crippen molar-refractivity contribution in [3.05, 3.63) is 46.0 Å². The number of hydrogen-bond donors (Lipinski definition) is 1. The van der Waals surface area contributed by atoms with Gasteiger partial charge in [0.1, 0.15) is 11.4 Å². The maximum atomic E-state index is 13.0. The fourth-order valence-electron chi connectivity index (χ4n) is 2.49. The lowest BCUT2D eigenvalue weighted by Crippen LogP contribution is -2.29. The van der Waals surface area contributed by atoms with Crippen molar-refractivity contribution in [1.29, 1.82) is 0 Å². The minimum atomic E-state index is -4.64. The van der Waals surface area contributed by atoms with Crippen LogP contribution in [0, 0.1) is 0 Å². The molecule has 5 nitrogen and oxygen atoms in total. The van der Waals surface area contributed by atoms with E-state index in [4.69, 9.17) is 11.6 Å². The lowest BCUT2D eigenvalue weighted by atomic mass is 10.0.